The van der Waals surface area contributed by atoms with Gasteiger partial charge in [-0.1, -0.05) is 18.2 Å². The molecule has 21 heavy (non-hydrogen) atoms. The van der Waals surface area contributed by atoms with Crippen molar-refractivity contribution in [1.82, 2.24) is 0 Å². The van der Waals surface area contributed by atoms with E-state index in [9.17, 15) is 0 Å². The summed E-state index contributed by atoms with van der Waals surface area (Å²) in [6, 6.07) is 10.1. The van der Waals surface area contributed by atoms with Gasteiger partial charge < -0.3 is 33.5 Å². The van der Waals surface area contributed by atoms with Gasteiger partial charge in [-0.15, -0.1) is 0 Å². The van der Waals surface area contributed by atoms with Gasteiger partial charge in [0.1, 0.15) is 7.05 Å². The minimum absolute atomic E-state index is 0. The van der Waals surface area contributed by atoms with Gasteiger partial charge in [-0.3, -0.25) is 0 Å². The molecule has 2 rings (SSSR count). The topological polar surface area (TPSA) is 22.3 Å². The molecule has 0 saturated carbocycles. The maximum Gasteiger partial charge on any atom is 0.169 e. The summed E-state index contributed by atoms with van der Waals surface area (Å²) in [5.41, 5.74) is 2.24. The van der Waals surface area contributed by atoms with Crippen LogP contribution in [0.1, 0.15) is 18.1 Å². The standard InChI is InChI=1S/C17H20NO2.HI/c1-4-20-16-8-7-15(13-17(16)19-3)6-5-14-9-11-18(2)12-10-14;/h5-13H,4H2,1-3H3;1H/q+1;/p-1/b6-5+;. The molecule has 112 valence electrons. The van der Waals surface area contributed by atoms with Gasteiger partial charge in [-0.2, -0.15) is 0 Å². The smallest absolute Gasteiger partial charge is 0.169 e. The third kappa shape index (κ3) is 5.04. The Morgan fingerprint density at radius 2 is 1.67 bits per heavy atom. The Labute approximate surface area is 143 Å². The summed E-state index contributed by atoms with van der Waals surface area (Å²) in [5.74, 6) is 1.53. The average Bonchev–Trinajstić information content (AvgIpc) is 2.48. The summed E-state index contributed by atoms with van der Waals surface area (Å²) in [6.07, 6.45) is 8.19. The van der Waals surface area contributed by atoms with Gasteiger partial charge in [0, 0.05) is 12.1 Å². The first-order valence-corrected chi connectivity index (χ1v) is 6.67. The van der Waals surface area contributed by atoms with Gasteiger partial charge in [-0.05, 0) is 30.2 Å². The molecule has 3 nitrogen and oxygen atoms in total. The Bertz CT molecular complexity index is 594. The van der Waals surface area contributed by atoms with Crippen molar-refractivity contribution in [1.29, 1.82) is 0 Å². The summed E-state index contributed by atoms with van der Waals surface area (Å²) in [5, 5.41) is 0. The Balaban J connectivity index is 0.00000220. The fourth-order valence-electron chi connectivity index (χ4n) is 1.88. The van der Waals surface area contributed by atoms with Gasteiger partial charge in [0.15, 0.2) is 23.9 Å². The van der Waals surface area contributed by atoms with Crippen LogP contribution in [-0.2, 0) is 7.05 Å². The molecule has 1 aromatic carbocycles. The van der Waals surface area contributed by atoms with Crippen molar-refractivity contribution in [2.75, 3.05) is 13.7 Å². The van der Waals surface area contributed by atoms with Crippen molar-refractivity contribution >= 4 is 12.2 Å². The summed E-state index contributed by atoms with van der Waals surface area (Å²) < 4.78 is 12.9. The van der Waals surface area contributed by atoms with Crippen LogP contribution in [0.5, 0.6) is 11.5 Å². The molecule has 0 aliphatic carbocycles. The van der Waals surface area contributed by atoms with Crippen molar-refractivity contribution < 1.29 is 38.0 Å². The van der Waals surface area contributed by atoms with E-state index in [-0.39, 0.29) is 24.0 Å². The molecule has 2 aromatic rings. The van der Waals surface area contributed by atoms with Gasteiger partial charge in [0.2, 0.25) is 0 Å². The van der Waals surface area contributed by atoms with Crippen LogP contribution in [0.3, 0.4) is 0 Å². The predicted molar refractivity (Wildman–Crippen MR) is 80.7 cm³/mol. The van der Waals surface area contributed by atoms with E-state index >= 15 is 0 Å². The normalized spacial score (nSPS) is 10.2. The van der Waals surface area contributed by atoms with E-state index in [2.05, 4.69) is 24.3 Å². The number of aromatic nitrogens is 1. The first-order valence-electron chi connectivity index (χ1n) is 6.67. The molecule has 0 bridgehead atoms. The number of pyridine rings is 1. The molecule has 0 radical (unpaired) electrons. The Morgan fingerprint density at radius 3 is 2.29 bits per heavy atom. The molecule has 1 heterocycles. The maximum atomic E-state index is 5.51. The molecule has 0 spiro atoms. The number of methoxy groups -OCH3 is 1. The molecule has 4 heteroatoms. The second kappa shape index (κ2) is 8.67. The zero-order valence-electron chi connectivity index (χ0n) is 12.5. The highest BCUT2D eigenvalue weighted by molar-refractivity contribution is 5.70. The van der Waals surface area contributed by atoms with Gasteiger partial charge in [0.25, 0.3) is 0 Å². The monoisotopic (exact) mass is 397 g/mol. The largest absolute Gasteiger partial charge is 1.00 e. The number of ether oxygens (including phenoxy) is 2. The van der Waals surface area contributed by atoms with Crippen molar-refractivity contribution in [3.8, 4) is 11.5 Å². The molecule has 0 amide bonds. The minimum Gasteiger partial charge on any atom is -1.00 e. The van der Waals surface area contributed by atoms with Crippen LogP contribution >= 0.6 is 0 Å². The Hall–Kier alpha value is -1.56. The molecule has 0 N–H and O–H groups in total. The summed E-state index contributed by atoms with van der Waals surface area (Å²) >= 11 is 0. The Morgan fingerprint density at radius 1 is 1.00 bits per heavy atom. The predicted octanol–water partition coefficient (Wildman–Crippen LogP) is 0.0928. The van der Waals surface area contributed by atoms with E-state index in [1.165, 1.54) is 0 Å². The minimum atomic E-state index is 0. The molecule has 0 aliphatic rings. The number of benzene rings is 1. The lowest BCUT2D eigenvalue weighted by Gasteiger charge is -2.09. The van der Waals surface area contributed by atoms with Gasteiger partial charge >= 0.3 is 0 Å². The SMILES string of the molecule is CCOc1ccc(/C=C/c2cc[n+](C)cc2)cc1OC.[I-]. The molecule has 0 fully saturated rings. The first kappa shape index (κ1) is 17.5. The highest BCUT2D eigenvalue weighted by Gasteiger charge is 2.03. The second-order valence-electron chi connectivity index (χ2n) is 4.47. The van der Waals surface area contributed by atoms with Crippen molar-refractivity contribution in [2.45, 2.75) is 6.92 Å². The van der Waals surface area contributed by atoms with Crippen LogP contribution < -0.4 is 38.0 Å². The lowest BCUT2D eigenvalue weighted by molar-refractivity contribution is -0.671. The van der Waals surface area contributed by atoms with Crippen molar-refractivity contribution in [2.24, 2.45) is 7.05 Å². The molecule has 0 aliphatic heterocycles. The highest BCUT2D eigenvalue weighted by atomic mass is 127. The van der Waals surface area contributed by atoms with Gasteiger partial charge in [-0.25, -0.2) is 4.57 Å². The number of rotatable bonds is 5. The third-order valence-electron chi connectivity index (χ3n) is 2.96. The molecule has 0 atom stereocenters. The molecule has 0 unspecified atom stereocenters. The van der Waals surface area contributed by atoms with Crippen LogP contribution in [0.4, 0.5) is 0 Å². The first-order chi connectivity index (χ1) is 9.72. The molecular weight excluding hydrogens is 377 g/mol. The molecule has 1 aromatic heterocycles. The third-order valence-corrected chi connectivity index (χ3v) is 2.96. The number of hydrogen-bond acceptors (Lipinski definition) is 2. The van der Waals surface area contributed by atoms with Crippen LogP contribution in [0.25, 0.3) is 12.2 Å². The van der Waals surface area contributed by atoms with Crippen LogP contribution in [0.2, 0.25) is 0 Å². The maximum absolute atomic E-state index is 5.51. The fraction of sp³-hybridized carbons (Fsp3) is 0.235. The van der Waals surface area contributed by atoms with E-state index in [4.69, 9.17) is 9.47 Å². The van der Waals surface area contributed by atoms with E-state index in [0.29, 0.717) is 6.61 Å². The van der Waals surface area contributed by atoms with Gasteiger partial charge in [0.05, 0.1) is 13.7 Å². The number of hydrogen-bond donors (Lipinski definition) is 0. The van der Waals surface area contributed by atoms with Crippen molar-refractivity contribution in [3.05, 3.63) is 53.9 Å². The lowest BCUT2D eigenvalue weighted by Crippen LogP contribution is -3.00. The Kier molecular flexibility index (Phi) is 7.22. The second-order valence-corrected chi connectivity index (χ2v) is 4.47. The van der Waals surface area contributed by atoms with Crippen LogP contribution in [0, 0.1) is 0 Å². The summed E-state index contributed by atoms with van der Waals surface area (Å²) in [4.78, 5) is 0. The average molecular weight is 397 g/mol. The quantitative estimate of drug-likeness (QED) is 0.528. The van der Waals surface area contributed by atoms with Crippen LogP contribution in [0.15, 0.2) is 42.7 Å². The number of aryl methyl sites for hydroxylation is 1. The van der Waals surface area contributed by atoms with Crippen molar-refractivity contribution in [3.63, 3.8) is 0 Å². The zero-order valence-corrected chi connectivity index (χ0v) is 14.7. The van der Waals surface area contributed by atoms with E-state index in [1.54, 1.807) is 7.11 Å². The number of halogens is 1. The molecule has 0 saturated heterocycles. The van der Waals surface area contributed by atoms with E-state index < -0.39 is 0 Å². The van der Waals surface area contributed by atoms with E-state index in [1.807, 2.05) is 49.1 Å². The summed E-state index contributed by atoms with van der Waals surface area (Å²) in [7, 11) is 3.66. The highest BCUT2D eigenvalue weighted by Crippen LogP contribution is 2.28. The van der Waals surface area contributed by atoms with Crippen LogP contribution in [-0.4, -0.2) is 13.7 Å². The zero-order chi connectivity index (χ0) is 14.4. The fourth-order valence-corrected chi connectivity index (χ4v) is 1.88. The van der Waals surface area contributed by atoms with E-state index in [0.717, 1.165) is 22.6 Å². The lowest BCUT2D eigenvalue weighted by atomic mass is 10.1. The molecular formula is C17H20INO2. The number of nitrogens with zero attached hydrogens (tertiary/aromatic N) is 1. The summed E-state index contributed by atoms with van der Waals surface area (Å²) in [6.45, 7) is 2.59.